The van der Waals surface area contributed by atoms with Gasteiger partial charge in [-0.1, -0.05) is 0 Å². The van der Waals surface area contributed by atoms with Gasteiger partial charge in [-0.3, -0.25) is 9.97 Å². The van der Waals surface area contributed by atoms with E-state index >= 15 is 0 Å². The molecule has 2 aromatic heterocycles. The summed E-state index contributed by atoms with van der Waals surface area (Å²) in [6, 6.07) is 5.04. The summed E-state index contributed by atoms with van der Waals surface area (Å²) in [5.41, 5.74) is 2.88. The lowest BCUT2D eigenvalue weighted by Gasteiger charge is -2.15. The standard InChI is InChI=1S/C13H14FN3/c1-9-5-6-15-8-13(9)17-10(2)12-4-3-11(14)7-16-12/h3-8,10,17H,1-2H3. The number of nitrogens with one attached hydrogen (secondary N) is 1. The molecule has 0 bridgehead atoms. The fourth-order valence-corrected chi connectivity index (χ4v) is 1.57. The average Bonchev–Trinajstić information content (AvgIpc) is 2.33. The minimum absolute atomic E-state index is 0.0125. The maximum atomic E-state index is 12.7. The highest BCUT2D eigenvalue weighted by Gasteiger charge is 2.08. The Morgan fingerprint density at radius 1 is 1.24 bits per heavy atom. The third kappa shape index (κ3) is 2.78. The van der Waals surface area contributed by atoms with Crippen molar-refractivity contribution >= 4 is 5.69 Å². The SMILES string of the molecule is Cc1ccncc1NC(C)c1ccc(F)cn1. The fourth-order valence-electron chi connectivity index (χ4n) is 1.57. The molecular formula is C13H14FN3. The van der Waals surface area contributed by atoms with Crippen LogP contribution in [-0.4, -0.2) is 9.97 Å². The second-order valence-electron chi connectivity index (χ2n) is 3.96. The number of nitrogens with zero attached hydrogens (tertiary/aromatic N) is 2. The van der Waals surface area contributed by atoms with Crippen molar-refractivity contribution in [2.75, 3.05) is 5.32 Å². The molecule has 1 unspecified atom stereocenters. The molecule has 0 amide bonds. The van der Waals surface area contributed by atoms with Crippen molar-refractivity contribution in [3.8, 4) is 0 Å². The monoisotopic (exact) mass is 231 g/mol. The molecule has 88 valence electrons. The smallest absolute Gasteiger partial charge is 0.141 e. The van der Waals surface area contributed by atoms with Gasteiger partial charge in [0.15, 0.2) is 0 Å². The molecule has 0 spiro atoms. The number of anilines is 1. The number of hydrogen-bond donors (Lipinski definition) is 1. The first kappa shape index (κ1) is 11.5. The molecule has 0 aliphatic heterocycles. The largest absolute Gasteiger partial charge is 0.375 e. The molecule has 2 aromatic rings. The quantitative estimate of drug-likeness (QED) is 0.882. The van der Waals surface area contributed by atoms with Crippen molar-refractivity contribution in [2.24, 2.45) is 0 Å². The Balaban J connectivity index is 2.14. The summed E-state index contributed by atoms with van der Waals surface area (Å²) in [6.45, 7) is 3.99. The minimum atomic E-state index is -0.321. The number of aromatic nitrogens is 2. The zero-order valence-electron chi connectivity index (χ0n) is 9.81. The van der Waals surface area contributed by atoms with E-state index in [-0.39, 0.29) is 11.9 Å². The number of aryl methyl sites for hydroxylation is 1. The van der Waals surface area contributed by atoms with Gasteiger partial charge in [-0.25, -0.2) is 4.39 Å². The van der Waals surface area contributed by atoms with Gasteiger partial charge in [0.2, 0.25) is 0 Å². The van der Waals surface area contributed by atoms with Crippen LogP contribution in [0.15, 0.2) is 36.8 Å². The molecule has 0 aliphatic carbocycles. The van der Waals surface area contributed by atoms with Crippen molar-refractivity contribution in [3.63, 3.8) is 0 Å². The first-order valence-corrected chi connectivity index (χ1v) is 5.45. The van der Waals surface area contributed by atoms with Crippen molar-refractivity contribution < 1.29 is 4.39 Å². The van der Waals surface area contributed by atoms with Crippen LogP contribution in [0.25, 0.3) is 0 Å². The lowest BCUT2D eigenvalue weighted by Crippen LogP contribution is -2.09. The second-order valence-corrected chi connectivity index (χ2v) is 3.96. The van der Waals surface area contributed by atoms with Crippen LogP contribution < -0.4 is 5.32 Å². The van der Waals surface area contributed by atoms with Crippen LogP contribution >= 0.6 is 0 Å². The summed E-state index contributed by atoms with van der Waals surface area (Å²) in [6.07, 6.45) is 4.75. The third-order valence-corrected chi connectivity index (χ3v) is 2.60. The van der Waals surface area contributed by atoms with Gasteiger partial charge in [0.05, 0.1) is 29.8 Å². The Morgan fingerprint density at radius 3 is 2.71 bits per heavy atom. The first-order valence-electron chi connectivity index (χ1n) is 5.45. The topological polar surface area (TPSA) is 37.8 Å². The average molecular weight is 231 g/mol. The van der Waals surface area contributed by atoms with Gasteiger partial charge >= 0.3 is 0 Å². The van der Waals surface area contributed by atoms with Gasteiger partial charge < -0.3 is 5.32 Å². The minimum Gasteiger partial charge on any atom is -0.375 e. The van der Waals surface area contributed by atoms with Crippen molar-refractivity contribution in [1.82, 2.24) is 9.97 Å². The Bertz CT molecular complexity index is 496. The zero-order chi connectivity index (χ0) is 12.3. The molecule has 0 fully saturated rings. The van der Waals surface area contributed by atoms with Gasteiger partial charge in [0.1, 0.15) is 5.82 Å². The highest BCUT2D eigenvalue weighted by molar-refractivity contribution is 5.49. The highest BCUT2D eigenvalue weighted by Crippen LogP contribution is 2.19. The Kier molecular flexibility index (Phi) is 3.32. The van der Waals surface area contributed by atoms with Crippen molar-refractivity contribution in [3.05, 3.63) is 53.9 Å². The Morgan fingerprint density at radius 2 is 2.06 bits per heavy atom. The Labute approximate surface area is 99.7 Å². The van der Waals surface area contributed by atoms with E-state index in [0.717, 1.165) is 16.9 Å². The predicted molar refractivity (Wildman–Crippen MR) is 65.2 cm³/mol. The summed E-state index contributed by atoms with van der Waals surface area (Å²) >= 11 is 0. The third-order valence-electron chi connectivity index (χ3n) is 2.60. The Hall–Kier alpha value is -1.97. The van der Waals surface area contributed by atoms with Crippen LogP contribution in [-0.2, 0) is 0 Å². The molecule has 2 heterocycles. The summed E-state index contributed by atoms with van der Waals surface area (Å²) in [7, 11) is 0. The molecule has 1 atom stereocenters. The van der Waals surface area contributed by atoms with E-state index in [1.54, 1.807) is 18.5 Å². The lowest BCUT2D eigenvalue weighted by molar-refractivity contribution is 0.617. The van der Waals surface area contributed by atoms with Crippen molar-refractivity contribution in [1.29, 1.82) is 0 Å². The van der Waals surface area contributed by atoms with E-state index in [2.05, 4.69) is 15.3 Å². The predicted octanol–water partition coefficient (Wildman–Crippen LogP) is 3.10. The number of halogens is 1. The van der Waals surface area contributed by atoms with Crippen LogP contribution in [0.5, 0.6) is 0 Å². The molecule has 3 nitrogen and oxygen atoms in total. The van der Waals surface area contributed by atoms with E-state index < -0.39 is 0 Å². The highest BCUT2D eigenvalue weighted by atomic mass is 19.1. The summed E-state index contributed by atoms with van der Waals surface area (Å²) in [4.78, 5) is 8.11. The van der Waals surface area contributed by atoms with E-state index in [0.29, 0.717) is 0 Å². The lowest BCUT2D eigenvalue weighted by atomic mass is 10.2. The van der Waals surface area contributed by atoms with Gasteiger partial charge in [0, 0.05) is 6.20 Å². The van der Waals surface area contributed by atoms with Gasteiger partial charge in [-0.15, -0.1) is 0 Å². The van der Waals surface area contributed by atoms with Gasteiger partial charge in [0.25, 0.3) is 0 Å². The van der Waals surface area contributed by atoms with Crippen LogP contribution in [0.3, 0.4) is 0 Å². The molecule has 0 saturated carbocycles. The summed E-state index contributed by atoms with van der Waals surface area (Å²) < 4.78 is 12.7. The molecule has 4 heteroatoms. The normalized spacial score (nSPS) is 12.2. The van der Waals surface area contributed by atoms with E-state index in [1.165, 1.54) is 12.3 Å². The zero-order valence-corrected chi connectivity index (χ0v) is 9.81. The summed E-state index contributed by atoms with van der Waals surface area (Å²) in [5.74, 6) is -0.321. The van der Waals surface area contributed by atoms with E-state index in [9.17, 15) is 4.39 Å². The molecule has 17 heavy (non-hydrogen) atoms. The summed E-state index contributed by atoms with van der Waals surface area (Å²) in [5, 5.41) is 3.30. The number of rotatable bonds is 3. The maximum absolute atomic E-state index is 12.7. The second kappa shape index (κ2) is 4.91. The van der Waals surface area contributed by atoms with Gasteiger partial charge in [-0.2, -0.15) is 0 Å². The molecule has 0 radical (unpaired) electrons. The maximum Gasteiger partial charge on any atom is 0.141 e. The molecule has 0 saturated heterocycles. The molecular weight excluding hydrogens is 217 g/mol. The number of hydrogen-bond acceptors (Lipinski definition) is 3. The van der Waals surface area contributed by atoms with Crippen LogP contribution in [0.2, 0.25) is 0 Å². The van der Waals surface area contributed by atoms with Crippen molar-refractivity contribution in [2.45, 2.75) is 19.9 Å². The van der Waals surface area contributed by atoms with E-state index in [1.807, 2.05) is 19.9 Å². The molecule has 0 aliphatic rings. The first-order chi connectivity index (χ1) is 8.16. The van der Waals surface area contributed by atoms with Crippen LogP contribution in [0.4, 0.5) is 10.1 Å². The molecule has 0 aromatic carbocycles. The number of pyridine rings is 2. The fraction of sp³-hybridized carbons (Fsp3) is 0.231. The molecule has 1 N–H and O–H groups in total. The van der Waals surface area contributed by atoms with Crippen LogP contribution in [0.1, 0.15) is 24.2 Å². The molecule has 2 rings (SSSR count). The van der Waals surface area contributed by atoms with Gasteiger partial charge in [-0.05, 0) is 37.6 Å². The van der Waals surface area contributed by atoms with Crippen LogP contribution in [0, 0.1) is 12.7 Å². The van der Waals surface area contributed by atoms with E-state index in [4.69, 9.17) is 0 Å².